The number of ether oxygens (including phenoxy) is 2. The van der Waals surface area contributed by atoms with Crippen LogP contribution >= 0.6 is 0 Å². The van der Waals surface area contributed by atoms with Crippen LogP contribution in [-0.2, 0) is 14.4 Å². The highest BCUT2D eigenvalue weighted by Gasteiger charge is 2.32. The third-order valence-corrected chi connectivity index (χ3v) is 6.53. The zero-order valence-corrected chi connectivity index (χ0v) is 20.3. The van der Waals surface area contributed by atoms with Crippen molar-refractivity contribution in [2.45, 2.75) is 69.8 Å². The van der Waals surface area contributed by atoms with Gasteiger partial charge in [-0.05, 0) is 49.4 Å². The molecule has 1 saturated carbocycles. The lowest BCUT2D eigenvalue weighted by atomic mass is 9.84. The van der Waals surface area contributed by atoms with E-state index in [9.17, 15) is 32.8 Å². The number of benzene rings is 1. The second-order valence-electron chi connectivity index (χ2n) is 9.37. The first kappa shape index (κ1) is 28.1. The zero-order valence-electron chi connectivity index (χ0n) is 20.3. The van der Waals surface area contributed by atoms with E-state index in [1.165, 1.54) is 12.1 Å². The van der Waals surface area contributed by atoms with Gasteiger partial charge in [0, 0.05) is 12.5 Å². The molecule has 3 amide bonds. The maximum absolute atomic E-state index is 13.1. The molecule has 12 heteroatoms. The predicted octanol–water partition coefficient (Wildman–Crippen LogP) is 2.95. The summed E-state index contributed by atoms with van der Waals surface area (Å²) in [6.45, 7) is 0.0753. The van der Waals surface area contributed by atoms with Crippen molar-refractivity contribution in [3.05, 3.63) is 24.3 Å². The number of carbonyl (C=O) groups excluding carboxylic acids is 3. The summed E-state index contributed by atoms with van der Waals surface area (Å²) in [6.07, 6.45) is 1.46. The van der Waals surface area contributed by atoms with E-state index in [1.807, 2.05) is 6.07 Å². The van der Waals surface area contributed by atoms with Gasteiger partial charge in [0.05, 0.1) is 6.07 Å². The van der Waals surface area contributed by atoms with Gasteiger partial charge in [0.25, 0.3) is 5.91 Å². The van der Waals surface area contributed by atoms with Crippen LogP contribution < -0.4 is 25.4 Å². The lowest BCUT2D eigenvalue weighted by molar-refractivity contribution is -0.274. The van der Waals surface area contributed by atoms with E-state index in [0.717, 1.165) is 44.2 Å². The molecule has 0 radical (unpaired) electrons. The molecule has 0 spiro atoms. The fraction of sp³-hybridized carbons (Fsp3) is 0.600. The molecule has 0 bridgehead atoms. The summed E-state index contributed by atoms with van der Waals surface area (Å²) >= 11 is 0. The van der Waals surface area contributed by atoms with Crippen molar-refractivity contribution in [1.82, 2.24) is 16.0 Å². The Balaban J connectivity index is 1.57. The molecule has 202 valence electrons. The third kappa shape index (κ3) is 9.48. The Bertz CT molecular complexity index is 974. The number of carbonyl (C=O) groups is 3. The SMILES string of the molecule is N#CC(C[C@@H]1CCNC1=O)NC(=O)[C@H](CC1CCCCC1)NC(=O)COc1ccc(OC(F)(F)F)cc1. The van der Waals surface area contributed by atoms with Gasteiger partial charge in [0.15, 0.2) is 6.61 Å². The molecule has 37 heavy (non-hydrogen) atoms. The second kappa shape index (κ2) is 13.2. The summed E-state index contributed by atoms with van der Waals surface area (Å²) in [6, 6.07) is 4.85. The number of nitriles is 1. The van der Waals surface area contributed by atoms with Crippen molar-refractivity contribution >= 4 is 17.7 Å². The number of alkyl halides is 3. The standard InChI is InChI=1S/C25H31F3N4O5/c26-25(27,28)37-20-8-6-19(7-9-20)36-15-22(33)32-21(12-16-4-2-1-3-5-16)24(35)31-18(14-29)13-17-10-11-30-23(17)34/h6-9,16-18,21H,1-5,10-13,15H2,(H,30,34)(H,31,35)(H,32,33)/t17-,18?,21-/m0/s1. The Hall–Kier alpha value is -3.49. The van der Waals surface area contributed by atoms with Gasteiger partial charge in [0.2, 0.25) is 11.8 Å². The average molecular weight is 525 g/mol. The van der Waals surface area contributed by atoms with Gasteiger partial charge in [0.1, 0.15) is 23.6 Å². The molecule has 1 aliphatic carbocycles. The summed E-state index contributed by atoms with van der Waals surface area (Å²) in [7, 11) is 0. The van der Waals surface area contributed by atoms with E-state index in [4.69, 9.17) is 4.74 Å². The van der Waals surface area contributed by atoms with Crippen LogP contribution in [0.2, 0.25) is 0 Å². The molecule has 0 aromatic heterocycles. The summed E-state index contributed by atoms with van der Waals surface area (Å²) in [5.41, 5.74) is 0. The molecule has 1 unspecified atom stereocenters. The van der Waals surface area contributed by atoms with Crippen LogP contribution in [0.3, 0.4) is 0 Å². The van der Waals surface area contributed by atoms with Crippen LogP contribution in [-0.4, -0.2) is 49.3 Å². The predicted molar refractivity (Wildman–Crippen MR) is 125 cm³/mol. The molecule has 1 saturated heterocycles. The van der Waals surface area contributed by atoms with E-state index in [1.54, 1.807) is 0 Å². The minimum absolute atomic E-state index is 0.142. The van der Waals surface area contributed by atoms with Crippen LogP contribution in [0.1, 0.15) is 51.4 Å². The number of hydrogen-bond donors (Lipinski definition) is 3. The molecule has 9 nitrogen and oxygen atoms in total. The number of hydrogen-bond acceptors (Lipinski definition) is 6. The maximum atomic E-state index is 13.1. The maximum Gasteiger partial charge on any atom is 0.573 e. The Kier molecular flexibility index (Phi) is 10.00. The smallest absolute Gasteiger partial charge is 0.484 e. The first-order chi connectivity index (χ1) is 17.6. The topological polar surface area (TPSA) is 130 Å². The first-order valence-corrected chi connectivity index (χ1v) is 12.4. The molecule has 2 fully saturated rings. The molecule has 2 aliphatic rings. The van der Waals surface area contributed by atoms with Gasteiger partial charge < -0.3 is 25.4 Å². The third-order valence-electron chi connectivity index (χ3n) is 6.53. The van der Waals surface area contributed by atoms with Gasteiger partial charge in [-0.25, -0.2) is 0 Å². The monoisotopic (exact) mass is 524 g/mol. The lowest BCUT2D eigenvalue weighted by Gasteiger charge is -2.27. The van der Waals surface area contributed by atoms with Crippen molar-refractivity contribution < 1.29 is 37.0 Å². The Morgan fingerprint density at radius 2 is 1.73 bits per heavy atom. The minimum atomic E-state index is -4.82. The molecule has 1 aromatic carbocycles. The number of rotatable bonds is 11. The largest absolute Gasteiger partial charge is 0.573 e. The molecule has 1 heterocycles. The Labute approximate surface area is 213 Å². The van der Waals surface area contributed by atoms with E-state index < -0.39 is 42.6 Å². The molecule has 3 rings (SSSR count). The van der Waals surface area contributed by atoms with Gasteiger partial charge in [-0.1, -0.05) is 32.1 Å². The fourth-order valence-corrected chi connectivity index (χ4v) is 4.68. The highest BCUT2D eigenvalue weighted by Crippen LogP contribution is 2.28. The van der Waals surface area contributed by atoms with Gasteiger partial charge in [-0.2, -0.15) is 5.26 Å². The van der Waals surface area contributed by atoms with Crippen LogP contribution in [0.4, 0.5) is 13.2 Å². The lowest BCUT2D eigenvalue weighted by Crippen LogP contribution is -2.51. The van der Waals surface area contributed by atoms with Crippen molar-refractivity contribution in [2.24, 2.45) is 11.8 Å². The van der Waals surface area contributed by atoms with Crippen LogP contribution in [0, 0.1) is 23.2 Å². The van der Waals surface area contributed by atoms with Gasteiger partial charge in [-0.15, -0.1) is 13.2 Å². The van der Waals surface area contributed by atoms with E-state index >= 15 is 0 Å². The summed E-state index contributed by atoms with van der Waals surface area (Å²) in [4.78, 5) is 37.5. The van der Waals surface area contributed by atoms with Gasteiger partial charge >= 0.3 is 6.36 Å². The summed E-state index contributed by atoms with van der Waals surface area (Å²) in [5.74, 6) is -1.61. The van der Waals surface area contributed by atoms with E-state index in [0.29, 0.717) is 19.4 Å². The second-order valence-corrected chi connectivity index (χ2v) is 9.37. The molecular formula is C25H31F3N4O5. The van der Waals surface area contributed by atoms with Crippen molar-refractivity contribution in [3.8, 4) is 17.6 Å². The van der Waals surface area contributed by atoms with Crippen LogP contribution in [0.15, 0.2) is 24.3 Å². The van der Waals surface area contributed by atoms with Crippen LogP contribution in [0.5, 0.6) is 11.5 Å². The molecule has 3 N–H and O–H groups in total. The molecule has 1 aromatic rings. The molecule has 3 atom stereocenters. The quantitative estimate of drug-likeness (QED) is 0.408. The normalized spacial score (nSPS) is 19.7. The molecule has 1 aliphatic heterocycles. The summed E-state index contributed by atoms with van der Waals surface area (Å²) in [5, 5.41) is 17.6. The average Bonchev–Trinajstić information content (AvgIpc) is 3.26. The summed E-state index contributed by atoms with van der Waals surface area (Å²) < 4.78 is 46.0. The number of nitrogens with zero attached hydrogens (tertiary/aromatic N) is 1. The van der Waals surface area contributed by atoms with Crippen molar-refractivity contribution in [2.75, 3.05) is 13.2 Å². The zero-order chi connectivity index (χ0) is 26.8. The molecular weight excluding hydrogens is 493 g/mol. The van der Waals surface area contributed by atoms with Crippen molar-refractivity contribution in [3.63, 3.8) is 0 Å². The van der Waals surface area contributed by atoms with Crippen molar-refractivity contribution in [1.29, 1.82) is 5.26 Å². The first-order valence-electron chi connectivity index (χ1n) is 12.4. The fourth-order valence-electron chi connectivity index (χ4n) is 4.68. The Morgan fingerprint density at radius 1 is 1.05 bits per heavy atom. The highest BCUT2D eigenvalue weighted by atomic mass is 19.4. The minimum Gasteiger partial charge on any atom is -0.484 e. The van der Waals surface area contributed by atoms with Crippen LogP contribution in [0.25, 0.3) is 0 Å². The number of nitrogens with one attached hydrogen (secondary N) is 3. The Morgan fingerprint density at radius 3 is 2.32 bits per heavy atom. The number of halogens is 3. The van der Waals surface area contributed by atoms with Gasteiger partial charge in [-0.3, -0.25) is 14.4 Å². The highest BCUT2D eigenvalue weighted by molar-refractivity contribution is 5.88. The van der Waals surface area contributed by atoms with E-state index in [-0.39, 0.29) is 29.9 Å². The van der Waals surface area contributed by atoms with E-state index in [2.05, 4.69) is 20.7 Å². The number of amides is 3.